The lowest BCUT2D eigenvalue weighted by molar-refractivity contribution is 0.121. The zero-order chi connectivity index (χ0) is 14.1. The van der Waals surface area contributed by atoms with E-state index in [-0.39, 0.29) is 6.10 Å². The molecule has 3 rings (SSSR count). The fourth-order valence-electron chi connectivity index (χ4n) is 1.00. The van der Waals surface area contributed by atoms with E-state index in [1.54, 1.807) is 6.92 Å². The van der Waals surface area contributed by atoms with E-state index >= 15 is 0 Å². The van der Waals surface area contributed by atoms with Crippen LogP contribution in [0.2, 0.25) is 0 Å². The molecule has 3 saturated heterocycles. The average Bonchev–Trinajstić information content (AvgIpc) is 3.07. The van der Waals surface area contributed by atoms with Crippen LogP contribution in [0.3, 0.4) is 0 Å². The second-order valence-electron chi connectivity index (χ2n) is 3.38. The Kier molecular flexibility index (Phi) is 6.27. The molecular weight excluding hydrogens is 264 g/mol. The summed E-state index contributed by atoms with van der Waals surface area (Å²) in [5.74, 6) is 0. The number of hydrogen-bond donors (Lipinski definition) is 0. The third-order valence-corrected chi connectivity index (χ3v) is 1.78. The van der Waals surface area contributed by atoms with Crippen molar-refractivity contribution >= 4 is 18.5 Å². The first-order valence-corrected chi connectivity index (χ1v) is 5.50. The Morgan fingerprint density at radius 1 is 0.737 bits per heavy atom. The number of carbonyl (C=O) groups is 3. The summed E-state index contributed by atoms with van der Waals surface area (Å²) >= 11 is 0. The Balaban J connectivity index is 0.000000143. The maximum Gasteiger partial charge on any atom is 0.508 e. The molecule has 1 unspecified atom stereocenters. The molecule has 108 valence electrons. The van der Waals surface area contributed by atoms with Gasteiger partial charge >= 0.3 is 18.5 Å². The van der Waals surface area contributed by atoms with Gasteiger partial charge < -0.3 is 28.4 Å². The third kappa shape index (κ3) is 6.96. The van der Waals surface area contributed by atoms with Crippen LogP contribution in [0, 0.1) is 0 Å². The zero-order valence-electron chi connectivity index (χ0n) is 10.3. The van der Waals surface area contributed by atoms with Gasteiger partial charge in [-0.25, -0.2) is 14.4 Å². The van der Waals surface area contributed by atoms with E-state index in [0.29, 0.717) is 33.0 Å². The first kappa shape index (κ1) is 14.9. The Morgan fingerprint density at radius 2 is 1.16 bits per heavy atom. The minimum atomic E-state index is -0.549. The molecular formula is C10H14O9. The van der Waals surface area contributed by atoms with Crippen LogP contribution in [0.1, 0.15) is 6.92 Å². The van der Waals surface area contributed by atoms with Crippen molar-refractivity contribution in [3.8, 4) is 0 Å². The van der Waals surface area contributed by atoms with Crippen molar-refractivity contribution in [3.63, 3.8) is 0 Å². The lowest BCUT2D eigenvalue weighted by Gasteiger charge is -1.90. The van der Waals surface area contributed by atoms with Gasteiger partial charge in [-0.15, -0.1) is 0 Å². The van der Waals surface area contributed by atoms with E-state index in [1.165, 1.54) is 0 Å². The molecule has 3 fully saturated rings. The Labute approximate surface area is 108 Å². The van der Waals surface area contributed by atoms with Crippen molar-refractivity contribution in [2.24, 2.45) is 0 Å². The molecule has 0 amide bonds. The summed E-state index contributed by atoms with van der Waals surface area (Å²) < 4.78 is 26.1. The Bertz CT molecular complexity index is 291. The maximum atomic E-state index is 10.0. The van der Waals surface area contributed by atoms with Gasteiger partial charge in [-0.3, -0.25) is 0 Å². The fraction of sp³-hybridized carbons (Fsp3) is 0.700. The smallest absolute Gasteiger partial charge is 0.431 e. The molecule has 0 spiro atoms. The van der Waals surface area contributed by atoms with Gasteiger partial charge in [-0.05, 0) is 6.92 Å². The van der Waals surface area contributed by atoms with Crippen LogP contribution in [0.5, 0.6) is 0 Å². The van der Waals surface area contributed by atoms with Gasteiger partial charge in [0.1, 0.15) is 39.1 Å². The Morgan fingerprint density at radius 3 is 1.26 bits per heavy atom. The molecule has 3 aliphatic heterocycles. The zero-order valence-corrected chi connectivity index (χ0v) is 10.3. The highest BCUT2D eigenvalue weighted by atomic mass is 16.8. The summed E-state index contributed by atoms with van der Waals surface area (Å²) in [4.78, 5) is 29.6. The van der Waals surface area contributed by atoms with E-state index in [4.69, 9.17) is 0 Å². The van der Waals surface area contributed by atoms with E-state index in [9.17, 15) is 14.4 Å². The van der Waals surface area contributed by atoms with Crippen molar-refractivity contribution < 1.29 is 42.8 Å². The minimum Gasteiger partial charge on any atom is -0.431 e. The van der Waals surface area contributed by atoms with Gasteiger partial charge in [0.15, 0.2) is 0 Å². The third-order valence-electron chi connectivity index (χ3n) is 1.78. The number of ether oxygens (including phenoxy) is 6. The van der Waals surface area contributed by atoms with E-state index in [2.05, 4.69) is 28.4 Å². The van der Waals surface area contributed by atoms with Crippen molar-refractivity contribution in [3.05, 3.63) is 0 Å². The van der Waals surface area contributed by atoms with Crippen molar-refractivity contribution in [2.45, 2.75) is 13.0 Å². The summed E-state index contributed by atoms with van der Waals surface area (Å²) in [5, 5.41) is 0. The lowest BCUT2D eigenvalue weighted by Crippen LogP contribution is -2.01. The maximum absolute atomic E-state index is 10.0. The minimum absolute atomic E-state index is 0.0486. The standard InChI is InChI=1S/C4H6O3.2C3H4O3/c1-3-2-6-4(5)7-3;2*4-3-5-1-2-6-3/h3H,2H2,1H3;2*1-2H2. The van der Waals surface area contributed by atoms with Gasteiger partial charge in [0, 0.05) is 0 Å². The first-order valence-electron chi connectivity index (χ1n) is 5.50. The molecule has 1 atom stereocenters. The Hall–Kier alpha value is -2.19. The van der Waals surface area contributed by atoms with E-state index < -0.39 is 18.5 Å². The number of carbonyl (C=O) groups excluding carboxylic acids is 3. The van der Waals surface area contributed by atoms with Crippen LogP contribution in [-0.4, -0.2) is 57.6 Å². The summed E-state index contributed by atoms with van der Waals surface area (Å²) in [6.07, 6.45) is -1.69. The summed E-state index contributed by atoms with van der Waals surface area (Å²) in [6, 6.07) is 0. The highest BCUT2D eigenvalue weighted by Crippen LogP contribution is 2.02. The van der Waals surface area contributed by atoms with Gasteiger partial charge in [0.25, 0.3) is 0 Å². The number of rotatable bonds is 0. The van der Waals surface area contributed by atoms with Gasteiger partial charge in [-0.2, -0.15) is 0 Å². The van der Waals surface area contributed by atoms with Crippen LogP contribution in [0.4, 0.5) is 14.4 Å². The molecule has 9 nitrogen and oxygen atoms in total. The summed E-state index contributed by atoms with van der Waals surface area (Å²) in [7, 11) is 0. The molecule has 0 aliphatic carbocycles. The van der Waals surface area contributed by atoms with E-state index in [1.807, 2.05) is 0 Å². The highest BCUT2D eigenvalue weighted by molar-refractivity contribution is 5.62. The predicted octanol–water partition coefficient (Wildman–Crippen LogP) is 0.848. The molecule has 19 heavy (non-hydrogen) atoms. The van der Waals surface area contributed by atoms with Crippen LogP contribution >= 0.6 is 0 Å². The molecule has 0 radical (unpaired) electrons. The lowest BCUT2D eigenvalue weighted by atomic mass is 10.5. The number of cyclic esters (lactones) is 6. The molecule has 0 aromatic rings. The second kappa shape index (κ2) is 8.01. The molecule has 0 aromatic heterocycles. The SMILES string of the molecule is CC1COC(=O)O1.O=C1OCCO1.O=C1OCCO1. The normalized spacial score (nSPS) is 23.2. The molecule has 0 aromatic carbocycles. The van der Waals surface area contributed by atoms with Crippen LogP contribution in [-0.2, 0) is 28.4 Å². The monoisotopic (exact) mass is 278 g/mol. The molecule has 0 bridgehead atoms. The van der Waals surface area contributed by atoms with Crippen LogP contribution in [0.15, 0.2) is 0 Å². The van der Waals surface area contributed by atoms with Crippen LogP contribution < -0.4 is 0 Å². The van der Waals surface area contributed by atoms with Crippen molar-refractivity contribution in [1.29, 1.82) is 0 Å². The topological polar surface area (TPSA) is 107 Å². The molecule has 3 aliphatic rings. The van der Waals surface area contributed by atoms with Crippen molar-refractivity contribution in [1.82, 2.24) is 0 Å². The van der Waals surface area contributed by atoms with Gasteiger partial charge in [0.2, 0.25) is 0 Å². The first-order chi connectivity index (χ1) is 9.08. The molecule has 3 heterocycles. The summed E-state index contributed by atoms with van der Waals surface area (Å²) in [6.45, 7) is 3.85. The number of hydrogen-bond acceptors (Lipinski definition) is 9. The quantitative estimate of drug-likeness (QED) is 0.470. The molecule has 0 saturated carbocycles. The highest BCUT2D eigenvalue weighted by Gasteiger charge is 2.19. The fourth-order valence-corrected chi connectivity index (χ4v) is 1.00. The largest absolute Gasteiger partial charge is 0.508 e. The predicted molar refractivity (Wildman–Crippen MR) is 56.5 cm³/mol. The van der Waals surface area contributed by atoms with Crippen molar-refractivity contribution in [2.75, 3.05) is 33.0 Å². The summed E-state index contributed by atoms with van der Waals surface area (Å²) in [5.41, 5.74) is 0. The van der Waals surface area contributed by atoms with Gasteiger partial charge in [0.05, 0.1) is 0 Å². The second-order valence-corrected chi connectivity index (χ2v) is 3.38. The van der Waals surface area contributed by atoms with Gasteiger partial charge in [-0.1, -0.05) is 0 Å². The molecule has 9 heteroatoms. The molecule has 0 N–H and O–H groups in total. The average molecular weight is 278 g/mol. The van der Waals surface area contributed by atoms with E-state index in [0.717, 1.165) is 0 Å². The van der Waals surface area contributed by atoms with Crippen LogP contribution in [0.25, 0.3) is 0 Å².